The summed E-state index contributed by atoms with van der Waals surface area (Å²) in [5.74, 6) is -1.04. The number of hydrogen-bond donors (Lipinski definition) is 1. The van der Waals surface area contributed by atoms with Gasteiger partial charge in [0.1, 0.15) is 11.3 Å². The lowest BCUT2D eigenvalue weighted by Gasteiger charge is -2.39. The number of nitrogens with zero attached hydrogens (tertiary/aromatic N) is 2. The third kappa shape index (κ3) is 2.65. The molecule has 0 aliphatic carbocycles. The molecule has 3 aliphatic rings. The van der Waals surface area contributed by atoms with Crippen molar-refractivity contribution in [2.24, 2.45) is 11.8 Å². The average Bonchev–Trinajstić information content (AvgIpc) is 2.95. The van der Waals surface area contributed by atoms with Crippen LogP contribution in [0.1, 0.15) is 53.0 Å². The first-order chi connectivity index (χ1) is 12.5. The van der Waals surface area contributed by atoms with Gasteiger partial charge in [0.25, 0.3) is 0 Å². The van der Waals surface area contributed by atoms with E-state index >= 15 is 0 Å². The minimum Gasteiger partial charge on any atom is -0.491 e. The molecule has 0 radical (unpaired) electrons. The number of ketones is 1. The Kier molecular flexibility index (Phi) is 4.34. The zero-order chi connectivity index (χ0) is 18.4. The Labute approximate surface area is 151 Å². The summed E-state index contributed by atoms with van der Waals surface area (Å²) in [4.78, 5) is 39.6. The number of pyridine rings is 1. The smallest absolute Gasteiger partial charge is 0.341 e. The number of hydrogen-bond acceptors (Lipinski definition) is 5. The molecule has 7 nitrogen and oxygen atoms in total. The van der Waals surface area contributed by atoms with E-state index in [1.54, 1.807) is 4.57 Å². The first-order valence-electron chi connectivity index (χ1n) is 9.34. The van der Waals surface area contributed by atoms with Crippen LogP contribution in [0.3, 0.4) is 0 Å². The normalized spacial score (nSPS) is 30.6. The molecule has 4 unspecified atom stereocenters. The number of carbonyl (C=O) groups is 2. The Hall–Kier alpha value is -2.15. The van der Waals surface area contributed by atoms with Crippen molar-refractivity contribution in [3.8, 4) is 5.75 Å². The fourth-order valence-electron chi connectivity index (χ4n) is 4.97. The molecule has 1 aromatic heterocycles. The number of carboxylic acid groups (broad SMARTS) is 1. The second-order valence-corrected chi connectivity index (χ2v) is 7.68. The number of methoxy groups -OCH3 is 1. The Morgan fingerprint density at radius 3 is 2.73 bits per heavy atom. The maximum absolute atomic E-state index is 13.3. The van der Waals surface area contributed by atoms with Crippen LogP contribution in [-0.4, -0.2) is 52.6 Å². The van der Waals surface area contributed by atoms with Crippen LogP contribution in [0.5, 0.6) is 5.75 Å². The van der Waals surface area contributed by atoms with Crippen molar-refractivity contribution in [3.63, 3.8) is 0 Å². The van der Waals surface area contributed by atoms with Crippen LogP contribution in [0.15, 0.2) is 11.0 Å². The van der Waals surface area contributed by atoms with Gasteiger partial charge in [-0.3, -0.25) is 14.5 Å². The van der Waals surface area contributed by atoms with Crippen molar-refractivity contribution in [1.82, 2.24) is 9.47 Å². The molecule has 1 aromatic rings. The fraction of sp³-hybridized carbons (Fsp3) is 0.632. The molecule has 2 saturated heterocycles. The summed E-state index contributed by atoms with van der Waals surface area (Å²) in [5, 5.41) is 9.35. The van der Waals surface area contributed by atoms with E-state index in [1.165, 1.54) is 26.1 Å². The van der Waals surface area contributed by atoms with E-state index in [4.69, 9.17) is 4.74 Å². The molecule has 0 spiro atoms. The van der Waals surface area contributed by atoms with Crippen molar-refractivity contribution in [3.05, 3.63) is 27.7 Å². The Morgan fingerprint density at radius 1 is 1.19 bits per heavy atom. The Balaban J connectivity index is 1.82. The summed E-state index contributed by atoms with van der Waals surface area (Å²) in [7, 11) is 1.32. The average molecular weight is 360 g/mol. The molecule has 7 heteroatoms. The molecule has 2 bridgehead atoms. The van der Waals surface area contributed by atoms with E-state index in [1.807, 2.05) is 0 Å². The van der Waals surface area contributed by atoms with Crippen LogP contribution >= 0.6 is 0 Å². The zero-order valence-electron chi connectivity index (χ0n) is 14.9. The molecule has 4 heterocycles. The summed E-state index contributed by atoms with van der Waals surface area (Å²) in [6, 6.07) is 0.0620. The second-order valence-electron chi connectivity index (χ2n) is 7.68. The van der Waals surface area contributed by atoms with Crippen LogP contribution in [0.4, 0.5) is 0 Å². The van der Waals surface area contributed by atoms with Gasteiger partial charge in [-0.15, -0.1) is 0 Å². The maximum atomic E-state index is 13.3. The number of aromatic nitrogens is 1. The topological polar surface area (TPSA) is 88.8 Å². The Morgan fingerprint density at radius 2 is 2.00 bits per heavy atom. The van der Waals surface area contributed by atoms with Gasteiger partial charge in [-0.05, 0) is 38.1 Å². The molecular formula is C19H24N2O5. The highest BCUT2D eigenvalue weighted by molar-refractivity contribution is 6.01. The summed E-state index contributed by atoms with van der Waals surface area (Å²) >= 11 is 0. The molecule has 140 valence electrons. The number of fused-ring (bicyclic) bond motifs is 5. The fourth-order valence-corrected chi connectivity index (χ4v) is 4.97. The number of carboxylic acids is 1. The number of Topliss-reactive ketones (excluding diaryl/α,β-unsaturated/α-hetero) is 1. The van der Waals surface area contributed by atoms with Gasteiger partial charge in [0.2, 0.25) is 5.43 Å². The highest BCUT2D eigenvalue weighted by atomic mass is 16.5. The minimum absolute atomic E-state index is 0.0620. The van der Waals surface area contributed by atoms with Gasteiger partial charge in [-0.25, -0.2) is 4.79 Å². The molecule has 4 atom stereocenters. The predicted octanol–water partition coefficient (Wildman–Crippen LogP) is 1.63. The van der Waals surface area contributed by atoms with Crippen LogP contribution in [-0.2, 0) is 6.54 Å². The third-order valence-corrected chi connectivity index (χ3v) is 6.25. The lowest BCUT2D eigenvalue weighted by Crippen LogP contribution is -2.50. The monoisotopic (exact) mass is 360 g/mol. The number of rotatable bonds is 2. The molecule has 0 aromatic carbocycles. The van der Waals surface area contributed by atoms with Crippen LogP contribution in [0.2, 0.25) is 0 Å². The van der Waals surface area contributed by atoms with Gasteiger partial charge in [0.15, 0.2) is 11.5 Å². The predicted molar refractivity (Wildman–Crippen MR) is 94.0 cm³/mol. The van der Waals surface area contributed by atoms with Crippen molar-refractivity contribution in [2.45, 2.75) is 44.7 Å². The largest absolute Gasteiger partial charge is 0.491 e. The van der Waals surface area contributed by atoms with Crippen LogP contribution in [0, 0.1) is 11.8 Å². The second kappa shape index (κ2) is 6.54. The van der Waals surface area contributed by atoms with Crippen molar-refractivity contribution < 1.29 is 19.4 Å². The summed E-state index contributed by atoms with van der Waals surface area (Å²) in [5.41, 5.74) is -0.832. The lowest BCUT2D eigenvalue weighted by molar-refractivity contribution is 0.0659. The van der Waals surface area contributed by atoms with E-state index in [9.17, 15) is 19.5 Å². The van der Waals surface area contributed by atoms with Crippen LogP contribution < -0.4 is 10.2 Å². The van der Waals surface area contributed by atoms with Gasteiger partial charge >= 0.3 is 5.97 Å². The van der Waals surface area contributed by atoms with E-state index in [0.29, 0.717) is 12.5 Å². The lowest BCUT2D eigenvalue weighted by atomic mass is 9.83. The zero-order valence-corrected chi connectivity index (χ0v) is 14.9. The molecule has 1 N–H and O–H groups in total. The highest BCUT2D eigenvalue weighted by Crippen LogP contribution is 2.37. The summed E-state index contributed by atoms with van der Waals surface area (Å²) in [6.07, 6.45) is 6.74. The Bertz CT molecular complexity index is 815. The van der Waals surface area contributed by atoms with Crippen LogP contribution in [0.25, 0.3) is 0 Å². The third-order valence-electron chi connectivity index (χ3n) is 6.25. The van der Waals surface area contributed by atoms with E-state index in [-0.39, 0.29) is 34.7 Å². The van der Waals surface area contributed by atoms with Gasteiger partial charge in [-0.2, -0.15) is 0 Å². The molecule has 3 aliphatic heterocycles. The van der Waals surface area contributed by atoms with E-state index in [2.05, 4.69) is 4.90 Å². The SMILES string of the molecule is COc1c2n(cc(C(=O)O)c1=O)CC1C(CCC3CCCCN1C3)C2=O. The highest BCUT2D eigenvalue weighted by Gasteiger charge is 2.43. The van der Waals surface area contributed by atoms with Crippen molar-refractivity contribution >= 4 is 11.8 Å². The standard InChI is InChI=1S/C19H24N2O5/c1-26-18-15-16(22)12-6-5-11-4-2-3-7-20(8-11)14(12)10-21(15)9-13(17(18)23)19(24)25/h9,11-12,14H,2-8,10H2,1H3,(H,24,25). The van der Waals surface area contributed by atoms with Gasteiger partial charge in [-0.1, -0.05) is 6.42 Å². The number of carbonyl (C=O) groups excluding carboxylic acids is 1. The molecule has 0 amide bonds. The van der Waals surface area contributed by atoms with E-state index < -0.39 is 11.4 Å². The van der Waals surface area contributed by atoms with E-state index in [0.717, 1.165) is 32.4 Å². The first kappa shape index (κ1) is 17.3. The molecule has 2 fully saturated rings. The maximum Gasteiger partial charge on any atom is 0.341 e. The van der Waals surface area contributed by atoms with Crippen molar-refractivity contribution in [1.29, 1.82) is 0 Å². The molecule has 26 heavy (non-hydrogen) atoms. The molecule has 0 saturated carbocycles. The molecular weight excluding hydrogens is 336 g/mol. The first-order valence-corrected chi connectivity index (χ1v) is 9.34. The quantitative estimate of drug-likeness (QED) is 0.862. The molecule has 4 rings (SSSR count). The number of aromatic carboxylic acids is 1. The van der Waals surface area contributed by atoms with Crippen molar-refractivity contribution in [2.75, 3.05) is 20.2 Å². The number of ether oxygens (including phenoxy) is 1. The van der Waals surface area contributed by atoms with Gasteiger partial charge < -0.3 is 14.4 Å². The summed E-state index contributed by atoms with van der Waals surface area (Å²) in [6.45, 7) is 2.51. The summed E-state index contributed by atoms with van der Waals surface area (Å²) < 4.78 is 6.83. The van der Waals surface area contributed by atoms with Gasteiger partial charge in [0, 0.05) is 31.2 Å². The van der Waals surface area contributed by atoms with Gasteiger partial charge in [0.05, 0.1) is 7.11 Å². The minimum atomic E-state index is -1.30.